The van der Waals surface area contributed by atoms with Gasteiger partial charge in [-0.25, -0.2) is 0 Å². The van der Waals surface area contributed by atoms with E-state index in [1.165, 1.54) is 5.56 Å². The highest BCUT2D eigenvalue weighted by molar-refractivity contribution is 5.79. The van der Waals surface area contributed by atoms with Crippen LogP contribution in [-0.2, 0) is 11.2 Å². The molecule has 3 heteroatoms. The van der Waals surface area contributed by atoms with Crippen LogP contribution in [0.2, 0.25) is 0 Å². The standard InChI is InChI=1S/C16H15NO2/c1-10-6-7-17-9-15(10)12-2-4-13-11(8-12)3-5-14(13)16(18)19/h2,4,6-9,14H,3,5H2,1H3,(H,18,19). The molecule has 1 aromatic carbocycles. The molecule has 0 bridgehead atoms. The van der Waals surface area contributed by atoms with Crippen LogP contribution in [0, 0.1) is 6.92 Å². The van der Waals surface area contributed by atoms with E-state index in [1.54, 1.807) is 6.20 Å². The van der Waals surface area contributed by atoms with Gasteiger partial charge in [0.1, 0.15) is 0 Å². The number of aliphatic carboxylic acids is 1. The molecule has 1 N–H and O–H groups in total. The molecule has 0 radical (unpaired) electrons. The lowest BCUT2D eigenvalue weighted by molar-refractivity contribution is -0.138. The summed E-state index contributed by atoms with van der Waals surface area (Å²) in [4.78, 5) is 15.3. The predicted octanol–water partition coefficient (Wildman–Crippen LogP) is 3.17. The van der Waals surface area contributed by atoms with Gasteiger partial charge in [-0.1, -0.05) is 18.2 Å². The maximum absolute atomic E-state index is 11.2. The van der Waals surface area contributed by atoms with E-state index >= 15 is 0 Å². The molecule has 3 rings (SSSR count). The normalized spacial score (nSPS) is 17.2. The second-order valence-corrected chi connectivity index (χ2v) is 5.03. The first-order chi connectivity index (χ1) is 9.16. The van der Waals surface area contributed by atoms with Crippen molar-refractivity contribution in [1.29, 1.82) is 0 Å². The first-order valence-corrected chi connectivity index (χ1v) is 6.43. The molecular formula is C16H15NO2. The Kier molecular flexibility index (Phi) is 2.82. The molecule has 1 atom stereocenters. The number of aromatic nitrogens is 1. The number of nitrogens with zero attached hydrogens (tertiary/aromatic N) is 1. The smallest absolute Gasteiger partial charge is 0.310 e. The van der Waals surface area contributed by atoms with Crippen LogP contribution in [0.1, 0.15) is 29.0 Å². The third-order valence-electron chi connectivity index (χ3n) is 3.87. The molecule has 0 spiro atoms. The minimum atomic E-state index is -0.718. The van der Waals surface area contributed by atoms with E-state index < -0.39 is 5.97 Å². The van der Waals surface area contributed by atoms with Gasteiger partial charge in [0.25, 0.3) is 0 Å². The van der Waals surface area contributed by atoms with Crippen molar-refractivity contribution in [3.05, 3.63) is 53.3 Å². The topological polar surface area (TPSA) is 50.2 Å². The Labute approximate surface area is 111 Å². The zero-order valence-electron chi connectivity index (χ0n) is 10.8. The summed E-state index contributed by atoms with van der Waals surface area (Å²) in [5, 5.41) is 9.18. The molecule has 19 heavy (non-hydrogen) atoms. The Morgan fingerprint density at radius 3 is 2.95 bits per heavy atom. The molecule has 1 aromatic heterocycles. The zero-order chi connectivity index (χ0) is 13.4. The summed E-state index contributed by atoms with van der Waals surface area (Å²) in [7, 11) is 0. The lowest BCUT2D eigenvalue weighted by Crippen LogP contribution is -2.07. The van der Waals surface area contributed by atoms with Crippen molar-refractivity contribution in [2.75, 3.05) is 0 Å². The van der Waals surface area contributed by atoms with Crippen molar-refractivity contribution in [3.8, 4) is 11.1 Å². The Hall–Kier alpha value is -2.16. The molecule has 3 nitrogen and oxygen atoms in total. The summed E-state index contributed by atoms with van der Waals surface area (Å²) < 4.78 is 0. The quantitative estimate of drug-likeness (QED) is 0.894. The number of carboxylic acids is 1. The molecule has 0 amide bonds. The first kappa shape index (κ1) is 11.9. The van der Waals surface area contributed by atoms with E-state index in [1.807, 2.05) is 24.4 Å². The summed E-state index contributed by atoms with van der Waals surface area (Å²) in [6.45, 7) is 2.06. The van der Waals surface area contributed by atoms with Crippen LogP contribution < -0.4 is 0 Å². The molecule has 96 valence electrons. The molecule has 2 aromatic rings. The minimum absolute atomic E-state index is 0.334. The maximum Gasteiger partial charge on any atom is 0.310 e. The fourth-order valence-electron chi connectivity index (χ4n) is 2.81. The summed E-state index contributed by atoms with van der Waals surface area (Å²) in [5.41, 5.74) is 5.55. The van der Waals surface area contributed by atoms with Gasteiger partial charge in [-0.15, -0.1) is 0 Å². The number of carboxylic acid groups (broad SMARTS) is 1. The fraction of sp³-hybridized carbons (Fsp3) is 0.250. The second-order valence-electron chi connectivity index (χ2n) is 5.03. The SMILES string of the molecule is Cc1ccncc1-c1ccc2c(c1)CCC2C(=O)O. The molecular weight excluding hydrogens is 238 g/mol. The average Bonchev–Trinajstić information content (AvgIpc) is 2.82. The van der Waals surface area contributed by atoms with Crippen molar-refractivity contribution in [3.63, 3.8) is 0 Å². The number of carbonyl (C=O) groups is 1. The van der Waals surface area contributed by atoms with E-state index in [0.29, 0.717) is 6.42 Å². The number of hydrogen-bond acceptors (Lipinski definition) is 2. The molecule has 1 aliphatic rings. The summed E-state index contributed by atoms with van der Waals surface area (Å²) in [5.74, 6) is -1.05. The number of pyridine rings is 1. The molecule has 0 saturated carbocycles. The molecule has 0 fully saturated rings. The third-order valence-corrected chi connectivity index (χ3v) is 3.87. The Bertz CT molecular complexity index is 649. The second kappa shape index (κ2) is 4.50. The van der Waals surface area contributed by atoms with Crippen LogP contribution in [0.4, 0.5) is 0 Å². The van der Waals surface area contributed by atoms with Crippen LogP contribution in [0.15, 0.2) is 36.7 Å². The molecule has 1 heterocycles. The van der Waals surface area contributed by atoms with Crippen molar-refractivity contribution >= 4 is 5.97 Å². The Morgan fingerprint density at radius 2 is 2.21 bits per heavy atom. The molecule has 1 unspecified atom stereocenters. The molecule has 1 aliphatic carbocycles. The highest BCUT2D eigenvalue weighted by atomic mass is 16.4. The largest absolute Gasteiger partial charge is 0.481 e. The third kappa shape index (κ3) is 2.01. The Morgan fingerprint density at radius 1 is 1.37 bits per heavy atom. The number of aryl methyl sites for hydroxylation is 2. The summed E-state index contributed by atoms with van der Waals surface area (Å²) >= 11 is 0. The van der Waals surface area contributed by atoms with Crippen LogP contribution >= 0.6 is 0 Å². The van der Waals surface area contributed by atoms with Gasteiger partial charge in [0.05, 0.1) is 5.92 Å². The van der Waals surface area contributed by atoms with Crippen LogP contribution in [0.25, 0.3) is 11.1 Å². The van der Waals surface area contributed by atoms with Crippen molar-refractivity contribution < 1.29 is 9.90 Å². The van der Waals surface area contributed by atoms with Crippen LogP contribution in [0.5, 0.6) is 0 Å². The predicted molar refractivity (Wildman–Crippen MR) is 73.1 cm³/mol. The van der Waals surface area contributed by atoms with E-state index in [4.69, 9.17) is 0 Å². The average molecular weight is 253 g/mol. The van der Waals surface area contributed by atoms with E-state index in [9.17, 15) is 9.90 Å². The summed E-state index contributed by atoms with van der Waals surface area (Å²) in [6.07, 6.45) is 5.20. The van der Waals surface area contributed by atoms with Gasteiger partial charge in [-0.2, -0.15) is 0 Å². The lowest BCUT2D eigenvalue weighted by Gasteiger charge is -2.09. The maximum atomic E-state index is 11.2. The number of hydrogen-bond donors (Lipinski definition) is 1. The van der Waals surface area contributed by atoms with Gasteiger partial charge in [-0.3, -0.25) is 9.78 Å². The molecule has 0 saturated heterocycles. The minimum Gasteiger partial charge on any atom is -0.481 e. The van der Waals surface area contributed by atoms with Gasteiger partial charge in [0.15, 0.2) is 0 Å². The number of rotatable bonds is 2. The fourth-order valence-corrected chi connectivity index (χ4v) is 2.81. The van der Waals surface area contributed by atoms with Crippen molar-refractivity contribution in [2.24, 2.45) is 0 Å². The first-order valence-electron chi connectivity index (χ1n) is 6.43. The van der Waals surface area contributed by atoms with E-state index in [2.05, 4.69) is 18.0 Å². The van der Waals surface area contributed by atoms with E-state index in [0.717, 1.165) is 28.7 Å². The zero-order valence-corrected chi connectivity index (χ0v) is 10.8. The number of fused-ring (bicyclic) bond motifs is 1. The highest BCUT2D eigenvalue weighted by Crippen LogP contribution is 2.36. The molecule has 0 aliphatic heterocycles. The van der Waals surface area contributed by atoms with Crippen LogP contribution in [-0.4, -0.2) is 16.1 Å². The van der Waals surface area contributed by atoms with Gasteiger partial charge in [-0.05, 0) is 48.1 Å². The lowest BCUT2D eigenvalue weighted by atomic mass is 9.96. The highest BCUT2D eigenvalue weighted by Gasteiger charge is 2.28. The van der Waals surface area contributed by atoms with Crippen molar-refractivity contribution in [2.45, 2.75) is 25.7 Å². The monoisotopic (exact) mass is 253 g/mol. The van der Waals surface area contributed by atoms with Gasteiger partial charge < -0.3 is 5.11 Å². The number of benzene rings is 1. The van der Waals surface area contributed by atoms with Crippen molar-refractivity contribution in [1.82, 2.24) is 4.98 Å². The van der Waals surface area contributed by atoms with Gasteiger partial charge in [0, 0.05) is 18.0 Å². The summed E-state index contributed by atoms with van der Waals surface area (Å²) in [6, 6.07) is 8.07. The van der Waals surface area contributed by atoms with Gasteiger partial charge in [0.2, 0.25) is 0 Å². The Balaban J connectivity index is 2.05. The van der Waals surface area contributed by atoms with E-state index in [-0.39, 0.29) is 5.92 Å². The van der Waals surface area contributed by atoms with Gasteiger partial charge >= 0.3 is 5.97 Å². The van der Waals surface area contributed by atoms with Crippen LogP contribution in [0.3, 0.4) is 0 Å².